The van der Waals surface area contributed by atoms with Crippen molar-refractivity contribution in [2.45, 2.75) is 18.7 Å². The van der Waals surface area contributed by atoms with Crippen LogP contribution in [0.3, 0.4) is 0 Å². The molecule has 0 unspecified atom stereocenters. The van der Waals surface area contributed by atoms with Crippen molar-refractivity contribution >= 4 is 33.0 Å². The van der Waals surface area contributed by atoms with Crippen LogP contribution < -0.4 is 14.9 Å². The molecular formula is C25H27N3O4S. The molecule has 3 aromatic rings. The number of ether oxygens (including phenoxy) is 1. The number of anilines is 3. The van der Waals surface area contributed by atoms with E-state index in [0.29, 0.717) is 22.5 Å². The Morgan fingerprint density at radius 3 is 2.21 bits per heavy atom. The molecule has 0 saturated carbocycles. The molecule has 0 spiro atoms. The topological polar surface area (TPSA) is 87.7 Å². The number of morpholine rings is 1. The second-order valence-electron chi connectivity index (χ2n) is 8.05. The van der Waals surface area contributed by atoms with Gasteiger partial charge < -0.3 is 15.0 Å². The van der Waals surface area contributed by atoms with Gasteiger partial charge in [-0.25, -0.2) is 8.42 Å². The third-order valence-electron chi connectivity index (χ3n) is 5.57. The first-order chi connectivity index (χ1) is 15.8. The standard InChI is InChI=1S/C25H27N3O4S/c1-18-3-10-23(11-4-18)33(30,31)27-24-12-5-20(17-19(24)2)25(29)26-21-6-8-22(9-7-21)28-13-15-32-16-14-28/h3-12,17,27H,13-16H2,1-2H3,(H,26,29). The fraction of sp³-hybridized carbons (Fsp3) is 0.240. The average molecular weight is 466 g/mol. The highest BCUT2D eigenvalue weighted by molar-refractivity contribution is 7.92. The first-order valence-electron chi connectivity index (χ1n) is 10.8. The molecule has 172 valence electrons. The van der Waals surface area contributed by atoms with E-state index in [4.69, 9.17) is 4.74 Å². The minimum absolute atomic E-state index is 0.190. The van der Waals surface area contributed by atoms with E-state index in [9.17, 15) is 13.2 Å². The largest absolute Gasteiger partial charge is 0.378 e. The Bertz CT molecular complexity index is 1230. The molecule has 4 rings (SSSR count). The van der Waals surface area contributed by atoms with E-state index in [1.54, 1.807) is 49.4 Å². The molecule has 7 nitrogen and oxygen atoms in total. The summed E-state index contributed by atoms with van der Waals surface area (Å²) in [4.78, 5) is 15.2. The number of nitrogens with zero attached hydrogens (tertiary/aromatic N) is 1. The predicted octanol–water partition coefficient (Wildman–Crippen LogP) is 4.19. The van der Waals surface area contributed by atoms with Gasteiger partial charge in [-0.1, -0.05) is 17.7 Å². The van der Waals surface area contributed by atoms with Gasteiger partial charge in [-0.05, 0) is 74.0 Å². The lowest BCUT2D eigenvalue weighted by Gasteiger charge is -2.28. The van der Waals surface area contributed by atoms with Crippen LogP contribution in [0.4, 0.5) is 17.1 Å². The van der Waals surface area contributed by atoms with Crippen molar-refractivity contribution in [1.82, 2.24) is 0 Å². The summed E-state index contributed by atoms with van der Waals surface area (Å²) in [6.07, 6.45) is 0. The molecule has 0 atom stereocenters. The molecule has 1 heterocycles. The van der Waals surface area contributed by atoms with Gasteiger partial charge in [-0.2, -0.15) is 0 Å². The zero-order valence-corrected chi connectivity index (χ0v) is 19.5. The number of amides is 1. The Kier molecular flexibility index (Phi) is 6.67. The van der Waals surface area contributed by atoms with E-state index in [2.05, 4.69) is 14.9 Å². The van der Waals surface area contributed by atoms with Gasteiger partial charge in [0.1, 0.15) is 0 Å². The van der Waals surface area contributed by atoms with Crippen LogP contribution in [-0.2, 0) is 14.8 Å². The SMILES string of the molecule is Cc1ccc(S(=O)(=O)Nc2ccc(C(=O)Nc3ccc(N4CCOCC4)cc3)cc2C)cc1. The third-order valence-corrected chi connectivity index (χ3v) is 6.95. The molecule has 1 aliphatic rings. The van der Waals surface area contributed by atoms with Crippen LogP contribution in [-0.4, -0.2) is 40.6 Å². The van der Waals surface area contributed by atoms with Crippen LogP contribution in [0.2, 0.25) is 0 Å². The van der Waals surface area contributed by atoms with Crippen LogP contribution in [0, 0.1) is 13.8 Å². The van der Waals surface area contributed by atoms with E-state index >= 15 is 0 Å². The van der Waals surface area contributed by atoms with Crippen molar-refractivity contribution in [2.75, 3.05) is 41.2 Å². The first kappa shape index (κ1) is 22.8. The van der Waals surface area contributed by atoms with Crippen LogP contribution >= 0.6 is 0 Å². The summed E-state index contributed by atoms with van der Waals surface area (Å²) in [5.74, 6) is -0.259. The van der Waals surface area contributed by atoms with Gasteiger partial charge in [0.25, 0.3) is 15.9 Å². The minimum atomic E-state index is -3.71. The molecule has 8 heteroatoms. The second-order valence-corrected chi connectivity index (χ2v) is 9.73. The monoisotopic (exact) mass is 465 g/mol. The number of nitrogens with one attached hydrogen (secondary N) is 2. The van der Waals surface area contributed by atoms with E-state index in [1.807, 2.05) is 31.2 Å². The fourth-order valence-electron chi connectivity index (χ4n) is 3.62. The van der Waals surface area contributed by atoms with Crippen molar-refractivity contribution in [3.05, 3.63) is 83.4 Å². The Balaban J connectivity index is 1.43. The molecule has 33 heavy (non-hydrogen) atoms. The van der Waals surface area contributed by atoms with Crippen LogP contribution in [0.5, 0.6) is 0 Å². The smallest absolute Gasteiger partial charge is 0.261 e. The number of hydrogen-bond donors (Lipinski definition) is 2. The summed E-state index contributed by atoms with van der Waals surface area (Å²) in [7, 11) is -3.71. The van der Waals surface area contributed by atoms with Crippen molar-refractivity contribution in [3.63, 3.8) is 0 Å². The Labute approximate surface area is 194 Å². The number of carbonyl (C=O) groups excluding carboxylic acids is 1. The number of carbonyl (C=O) groups is 1. The second kappa shape index (κ2) is 9.64. The van der Waals surface area contributed by atoms with Gasteiger partial charge in [-0.3, -0.25) is 9.52 Å². The van der Waals surface area contributed by atoms with E-state index < -0.39 is 10.0 Å². The lowest BCUT2D eigenvalue weighted by atomic mass is 10.1. The molecule has 2 N–H and O–H groups in total. The minimum Gasteiger partial charge on any atom is -0.378 e. The maximum atomic E-state index is 12.7. The molecule has 1 aliphatic heterocycles. The zero-order valence-electron chi connectivity index (χ0n) is 18.7. The maximum absolute atomic E-state index is 12.7. The molecule has 1 amide bonds. The highest BCUT2D eigenvalue weighted by Crippen LogP contribution is 2.23. The van der Waals surface area contributed by atoms with Crippen LogP contribution in [0.25, 0.3) is 0 Å². The number of rotatable bonds is 6. The summed E-state index contributed by atoms with van der Waals surface area (Å²) < 4.78 is 33.3. The molecule has 0 bridgehead atoms. The maximum Gasteiger partial charge on any atom is 0.261 e. The molecular weight excluding hydrogens is 438 g/mol. The van der Waals surface area contributed by atoms with Crippen molar-refractivity contribution in [2.24, 2.45) is 0 Å². The highest BCUT2D eigenvalue weighted by Gasteiger charge is 2.16. The number of sulfonamides is 1. The first-order valence-corrected chi connectivity index (χ1v) is 12.2. The molecule has 1 saturated heterocycles. The van der Waals surface area contributed by atoms with Gasteiger partial charge in [-0.15, -0.1) is 0 Å². The summed E-state index contributed by atoms with van der Waals surface area (Å²) in [5, 5.41) is 2.89. The van der Waals surface area contributed by atoms with Crippen molar-refractivity contribution < 1.29 is 17.9 Å². The predicted molar refractivity (Wildman–Crippen MR) is 131 cm³/mol. The van der Waals surface area contributed by atoms with E-state index in [1.165, 1.54) is 0 Å². The average Bonchev–Trinajstić information content (AvgIpc) is 2.81. The summed E-state index contributed by atoms with van der Waals surface area (Å²) in [6.45, 7) is 6.80. The molecule has 0 radical (unpaired) electrons. The van der Waals surface area contributed by atoms with E-state index in [-0.39, 0.29) is 10.8 Å². The zero-order chi connectivity index (χ0) is 23.4. The Hall–Kier alpha value is -3.36. The summed E-state index contributed by atoms with van der Waals surface area (Å²) in [6, 6.07) is 19.2. The van der Waals surface area contributed by atoms with Crippen LogP contribution in [0.1, 0.15) is 21.5 Å². The number of benzene rings is 3. The lowest BCUT2D eigenvalue weighted by molar-refractivity contribution is 0.102. The van der Waals surface area contributed by atoms with Gasteiger partial charge >= 0.3 is 0 Å². The number of aryl methyl sites for hydroxylation is 2. The van der Waals surface area contributed by atoms with Crippen molar-refractivity contribution in [1.29, 1.82) is 0 Å². The molecule has 0 aromatic heterocycles. The lowest BCUT2D eigenvalue weighted by Crippen LogP contribution is -2.36. The summed E-state index contributed by atoms with van der Waals surface area (Å²) >= 11 is 0. The van der Waals surface area contributed by atoms with Gasteiger partial charge in [0.15, 0.2) is 0 Å². The third kappa shape index (κ3) is 5.53. The fourth-order valence-corrected chi connectivity index (χ4v) is 4.75. The van der Waals surface area contributed by atoms with Crippen molar-refractivity contribution in [3.8, 4) is 0 Å². The van der Waals surface area contributed by atoms with E-state index in [0.717, 1.165) is 37.6 Å². The quantitative estimate of drug-likeness (QED) is 0.570. The molecule has 1 fully saturated rings. The normalized spacial score (nSPS) is 14.1. The summed E-state index contributed by atoms with van der Waals surface area (Å²) in [5.41, 5.74) is 4.30. The Morgan fingerprint density at radius 2 is 1.58 bits per heavy atom. The molecule has 0 aliphatic carbocycles. The number of hydrogen-bond acceptors (Lipinski definition) is 5. The Morgan fingerprint density at radius 1 is 0.909 bits per heavy atom. The van der Waals surface area contributed by atoms with Gasteiger partial charge in [0, 0.05) is 30.0 Å². The van der Waals surface area contributed by atoms with Gasteiger partial charge in [0.05, 0.1) is 23.8 Å². The molecule has 3 aromatic carbocycles. The van der Waals surface area contributed by atoms with Crippen LogP contribution in [0.15, 0.2) is 71.6 Å². The van der Waals surface area contributed by atoms with Gasteiger partial charge in [0.2, 0.25) is 0 Å². The highest BCUT2D eigenvalue weighted by atomic mass is 32.2.